The Kier molecular flexibility index (Phi) is 5.01. The van der Waals surface area contributed by atoms with Gasteiger partial charge in [-0.3, -0.25) is 4.79 Å². The number of phenolic OH excluding ortho intramolecular Hbond substituents is 1. The molecular weight excluding hydrogens is 342 g/mol. The minimum absolute atomic E-state index is 0.0865. The molecule has 2 heterocycles. The van der Waals surface area contributed by atoms with Crippen LogP contribution in [0.25, 0.3) is 10.2 Å². The van der Waals surface area contributed by atoms with E-state index in [0.29, 0.717) is 17.9 Å². The summed E-state index contributed by atoms with van der Waals surface area (Å²) >= 11 is 3.23. The van der Waals surface area contributed by atoms with Crippen LogP contribution in [-0.4, -0.2) is 26.7 Å². The second-order valence-electron chi connectivity index (χ2n) is 5.34. The number of hydrogen-bond donors (Lipinski definition) is 2. The average Bonchev–Trinajstić information content (AvgIpc) is 2.83. The molecule has 0 fully saturated rings. The lowest BCUT2D eigenvalue weighted by atomic mass is 10.2. The SMILES string of the molecule is Cc1sc2ncnc(SCCC(=O)Nc3cccc(O)c3)c2c1C. The van der Waals surface area contributed by atoms with Gasteiger partial charge in [0.15, 0.2) is 0 Å². The molecule has 24 heavy (non-hydrogen) atoms. The first-order valence-electron chi connectivity index (χ1n) is 7.47. The molecule has 0 saturated carbocycles. The number of aromatic hydroxyl groups is 1. The molecule has 0 bridgehead atoms. The molecule has 3 rings (SSSR count). The molecule has 0 spiro atoms. The molecule has 5 nitrogen and oxygen atoms in total. The molecule has 7 heteroatoms. The highest BCUT2D eigenvalue weighted by Gasteiger charge is 2.13. The van der Waals surface area contributed by atoms with Crippen molar-refractivity contribution in [3.05, 3.63) is 41.0 Å². The average molecular weight is 359 g/mol. The summed E-state index contributed by atoms with van der Waals surface area (Å²) in [6, 6.07) is 6.53. The van der Waals surface area contributed by atoms with Crippen molar-refractivity contribution in [2.45, 2.75) is 25.3 Å². The maximum Gasteiger partial charge on any atom is 0.225 e. The molecule has 2 N–H and O–H groups in total. The number of nitrogens with one attached hydrogen (secondary N) is 1. The van der Waals surface area contributed by atoms with Crippen molar-refractivity contribution in [2.24, 2.45) is 0 Å². The Bertz CT molecular complexity index is 893. The molecule has 0 aliphatic carbocycles. The van der Waals surface area contributed by atoms with Gasteiger partial charge in [-0.15, -0.1) is 23.1 Å². The Labute approximate surface area is 148 Å². The molecule has 0 atom stereocenters. The largest absolute Gasteiger partial charge is 0.508 e. The fraction of sp³-hybridized carbons (Fsp3) is 0.235. The van der Waals surface area contributed by atoms with Crippen molar-refractivity contribution in [1.29, 1.82) is 0 Å². The van der Waals surface area contributed by atoms with E-state index in [1.165, 1.54) is 16.5 Å². The van der Waals surface area contributed by atoms with Crippen LogP contribution < -0.4 is 5.32 Å². The number of phenols is 1. The molecule has 2 aromatic heterocycles. The zero-order valence-electron chi connectivity index (χ0n) is 13.4. The van der Waals surface area contributed by atoms with Crippen LogP contribution >= 0.6 is 23.1 Å². The lowest BCUT2D eigenvalue weighted by Crippen LogP contribution is -2.12. The summed E-state index contributed by atoms with van der Waals surface area (Å²) in [6.45, 7) is 4.16. The predicted octanol–water partition coefficient (Wildman–Crippen LogP) is 4.13. The number of thiophene rings is 1. The molecule has 1 amide bonds. The molecule has 3 aromatic rings. The molecule has 0 radical (unpaired) electrons. The Morgan fingerprint density at radius 2 is 2.17 bits per heavy atom. The van der Waals surface area contributed by atoms with Crippen molar-refractivity contribution in [2.75, 3.05) is 11.1 Å². The second kappa shape index (κ2) is 7.19. The third-order valence-corrected chi connectivity index (χ3v) is 5.73. The summed E-state index contributed by atoms with van der Waals surface area (Å²) in [7, 11) is 0. The van der Waals surface area contributed by atoms with Gasteiger partial charge in [0.1, 0.15) is 21.9 Å². The van der Waals surface area contributed by atoms with E-state index in [4.69, 9.17) is 0 Å². The Hall–Kier alpha value is -2.12. The minimum atomic E-state index is -0.0865. The molecule has 0 aliphatic rings. The van der Waals surface area contributed by atoms with Crippen LogP contribution in [0.1, 0.15) is 16.9 Å². The maximum absolute atomic E-state index is 12.0. The van der Waals surface area contributed by atoms with E-state index in [1.54, 1.807) is 47.6 Å². The van der Waals surface area contributed by atoms with Crippen LogP contribution in [0, 0.1) is 13.8 Å². The van der Waals surface area contributed by atoms with Gasteiger partial charge in [0.05, 0.1) is 0 Å². The van der Waals surface area contributed by atoms with Gasteiger partial charge < -0.3 is 10.4 Å². The van der Waals surface area contributed by atoms with Gasteiger partial charge in [0, 0.05) is 34.2 Å². The smallest absolute Gasteiger partial charge is 0.225 e. The Morgan fingerprint density at radius 3 is 2.96 bits per heavy atom. The highest BCUT2D eigenvalue weighted by Crippen LogP contribution is 2.34. The van der Waals surface area contributed by atoms with E-state index in [9.17, 15) is 9.90 Å². The lowest BCUT2D eigenvalue weighted by molar-refractivity contribution is -0.115. The summed E-state index contributed by atoms with van der Waals surface area (Å²) in [6.07, 6.45) is 1.95. The van der Waals surface area contributed by atoms with Crippen LogP contribution in [0.15, 0.2) is 35.6 Å². The number of fused-ring (bicyclic) bond motifs is 1. The molecule has 0 saturated heterocycles. The van der Waals surface area contributed by atoms with Crippen LogP contribution in [-0.2, 0) is 4.79 Å². The van der Waals surface area contributed by atoms with E-state index < -0.39 is 0 Å². The predicted molar refractivity (Wildman–Crippen MR) is 99.0 cm³/mol. The summed E-state index contributed by atoms with van der Waals surface area (Å²) in [4.78, 5) is 22.9. The minimum Gasteiger partial charge on any atom is -0.508 e. The molecule has 1 aromatic carbocycles. The first-order chi connectivity index (χ1) is 11.5. The van der Waals surface area contributed by atoms with Crippen molar-refractivity contribution in [3.8, 4) is 5.75 Å². The standard InChI is InChI=1S/C17H17N3O2S2/c1-10-11(2)24-17-15(10)16(18-9-19-17)23-7-6-14(22)20-12-4-3-5-13(21)8-12/h3-5,8-9,21H,6-7H2,1-2H3,(H,20,22). The van der Waals surface area contributed by atoms with Crippen molar-refractivity contribution in [3.63, 3.8) is 0 Å². The first kappa shape index (κ1) is 16.7. The zero-order chi connectivity index (χ0) is 17.1. The quantitative estimate of drug-likeness (QED) is 0.529. The number of nitrogens with zero attached hydrogens (tertiary/aromatic N) is 2. The zero-order valence-corrected chi connectivity index (χ0v) is 15.0. The van der Waals surface area contributed by atoms with Gasteiger partial charge in [-0.25, -0.2) is 9.97 Å². The number of thioether (sulfide) groups is 1. The lowest BCUT2D eigenvalue weighted by Gasteiger charge is -2.06. The van der Waals surface area contributed by atoms with Gasteiger partial charge >= 0.3 is 0 Å². The highest BCUT2D eigenvalue weighted by atomic mass is 32.2. The number of hydrogen-bond acceptors (Lipinski definition) is 6. The topological polar surface area (TPSA) is 75.1 Å². The van der Waals surface area contributed by atoms with Crippen molar-refractivity contribution < 1.29 is 9.90 Å². The molecule has 0 aliphatic heterocycles. The van der Waals surface area contributed by atoms with Crippen LogP contribution in [0.3, 0.4) is 0 Å². The summed E-state index contributed by atoms with van der Waals surface area (Å²) in [5, 5.41) is 14.2. The van der Waals surface area contributed by atoms with Crippen molar-refractivity contribution >= 4 is 44.9 Å². The maximum atomic E-state index is 12.0. The van der Waals surface area contributed by atoms with Gasteiger partial charge in [0.2, 0.25) is 5.91 Å². The number of anilines is 1. The van der Waals surface area contributed by atoms with E-state index in [2.05, 4.69) is 29.1 Å². The molecular formula is C17H17N3O2S2. The fourth-order valence-electron chi connectivity index (χ4n) is 2.31. The number of benzene rings is 1. The Morgan fingerprint density at radius 1 is 1.33 bits per heavy atom. The third kappa shape index (κ3) is 3.68. The second-order valence-corrected chi connectivity index (χ2v) is 7.63. The number of rotatable bonds is 5. The summed E-state index contributed by atoms with van der Waals surface area (Å²) in [5.41, 5.74) is 1.81. The van der Waals surface area contributed by atoms with Gasteiger partial charge in [-0.2, -0.15) is 0 Å². The van der Waals surface area contributed by atoms with Gasteiger partial charge in [-0.05, 0) is 31.5 Å². The van der Waals surface area contributed by atoms with E-state index >= 15 is 0 Å². The summed E-state index contributed by atoms with van der Waals surface area (Å²) < 4.78 is 0. The molecule has 124 valence electrons. The number of aromatic nitrogens is 2. The number of amides is 1. The van der Waals surface area contributed by atoms with E-state index in [-0.39, 0.29) is 11.7 Å². The first-order valence-corrected chi connectivity index (χ1v) is 9.27. The van der Waals surface area contributed by atoms with Crippen LogP contribution in [0.5, 0.6) is 5.75 Å². The van der Waals surface area contributed by atoms with Crippen molar-refractivity contribution in [1.82, 2.24) is 9.97 Å². The third-order valence-electron chi connectivity index (χ3n) is 3.63. The number of aryl methyl sites for hydroxylation is 2. The number of carbonyl (C=O) groups excluding carboxylic acids is 1. The number of carbonyl (C=O) groups is 1. The van der Waals surface area contributed by atoms with Crippen LogP contribution in [0.2, 0.25) is 0 Å². The fourth-order valence-corrected chi connectivity index (χ4v) is 4.37. The molecule has 0 unspecified atom stereocenters. The summed E-state index contributed by atoms with van der Waals surface area (Å²) in [5.74, 6) is 0.677. The van der Waals surface area contributed by atoms with E-state index in [0.717, 1.165) is 15.2 Å². The Balaban J connectivity index is 1.61. The van der Waals surface area contributed by atoms with E-state index in [1.807, 2.05) is 0 Å². The normalized spacial score (nSPS) is 10.9. The van der Waals surface area contributed by atoms with Gasteiger partial charge in [0.25, 0.3) is 0 Å². The highest BCUT2D eigenvalue weighted by molar-refractivity contribution is 7.99. The van der Waals surface area contributed by atoms with Crippen LogP contribution in [0.4, 0.5) is 5.69 Å². The van der Waals surface area contributed by atoms with Gasteiger partial charge in [-0.1, -0.05) is 6.07 Å². The monoisotopic (exact) mass is 359 g/mol.